The molecule has 0 aliphatic heterocycles. The average molecular weight is 492 g/mol. The third kappa shape index (κ3) is 4.57. The second kappa shape index (κ2) is 9.38. The number of aromatic carboxylic acids is 1. The minimum atomic E-state index is -4.24. The summed E-state index contributed by atoms with van der Waals surface area (Å²) in [4.78, 5) is 24.6. The lowest BCUT2D eigenvalue weighted by molar-refractivity contribution is -0.136. The quantitative estimate of drug-likeness (QED) is 0.278. The van der Waals surface area contributed by atoms with E-state index in [-0.39, 0.29) is 21.9 Å². The number of carbonyl (C=O) groups excluding carboxylic acids is 1. The maximum absolute atomic E-state index is 13.5. The first-order valence-corrected chi connectivity index (χ1v) is 12.6. The molecule has 0 fully saturated rings. The van der Waals surface area contributed by atoms with E-state index in [4.69, 9.17) is 4.74 Å². The van der Waals surface area contributed by atoms with Gasteiger partial charge in [-0.25, -0.2) is 17.2 Å². The highest BCUT2D eigenvalue weighted by molar-refractivity contribution is 7.90. The first-order valence-electron chi connectivity index (χ1n) is 11.1. The van der Waals surface area contributed by atoms with Crippen molar-refractivity contribution >= 4 is 32.9 Å². The van der Waals surface area contributed by atoms with Crippen LogP contribution < -0.4 is 4.74 Å². The van der Waals surface area contributed by atoms with Crippen molar-refractivity contribution in [1.82, 2.24) is 3.97 Å². The number of carboxylic acids is 1. The maximum atomic E-state index is 13.5. The van der Waals surface area contributed by atoms with Gasteiger partial charge >= 0.3 is 11.9 Å². The average Bonchev–Trinajstić information content (AvgIpc) is 3.23. The van der Waals surface area contributed by atoms with Gasteiger partial charge in [-0.1, -0.05) is 55.0 Å². The van der Waals surface area contributed by atoms with E-state index in [1.165, 1.54) is 24.3 Å². The lowest BCUT2D eigenvalue weighted by Gasteiger charge is -2.16. The van der Waals surface area contributed by atoms with Gasteiger partial charge in [0.25, 0.3) is 10.0 Å². The first kappa shape index (κ1) is 24.2. The van der Waals surface area contributed by atoms with Crippen molar-refractivity contribution in [2.45, 2.75) is 38.0 Å². The lowest BCUT2D eigenvalue weighted by Crippen LogP contribution is -2.20. The van der Waals surface area contributed by atoms with Crippen molar-refractivity contribution in [3.63, 3.8) is 0 Å². The van der Waals surface area contributed by atoms with Gasteiger partial charge in [0.15, 0.2) is 0 Å². The number of para-hydroxylation sites is 1. The monoisotopic (exact) mass is 491 g/mol. The fourth-order valence-electron chi connectivity index (χ4n) is 4.06. The number of benzene rings is 3. The number of ether oxygens (including phenoxy) is 1. The van der Waals surface area contributed by atoms with Gasteiger partial charge in [0.1, 0.15) is 11.4 Å². The molecule has 1 N–H and O–H groups in total. The van der Waals surface area contributed by atoms with Crippen LogP contribution in [0.1, 0.15) is 46.4 Å². The number of esters is 1. The number of fused-ring (bicyclic) bond motifs is 1. The summed E-state index contributed by atoms with van der Waals surface area (Å²) in [7, 11) is -4.24. The maximum Gasteiger partial charge on any atom is 0.353 e. The molecule has 0 amide bonds. The highest BCUT2D eigenvalue weighted by Crippen LogP contribution is 2.30. The number of nitrogens with zero attached hydrogens (tertiary/aromatic N) is 1. The van der Waals surface area contributed by atoms with Gasteiger partial charge in [-0.15, -0.1) is 0 Å². The molecule has 0 spiro atoms. The van der Waals surface area contributed by atoms with Crippen LogP contribution in [-0.4, -0.2) is 29.4 Å². The summed E-state index contributed by atoms with van der Waals surface area (Å²) in [5.74, 6) is -1.99. The summed E-state index contributed by atoms with van der Waals surface area (Å²) in [6, 6.07) is 19.7. The van der Waals surface area contributed by atoms with Crippen LogP contribution in [0.3, 0.4) is 0 Å². The molecule has 180 valence electrons. The van der Waals surface area contributed by atoms with Gasteiger partial charge in [-0.2, -0.15) is 0 Å². The highest BCUT2D eigenvalue weighted by Gasteiger charge is 2.27. The Hall–Kier alpha value is -3.91. The Morgan fingerprint density at radius 1 is 0.971 bits per heavy atom. The van der Waals surface area contributed by atoms with Crippen LogP contribution in [-0.2, 0) is 14.8 Å². The second-order valence-corrected chi connectivity index (χ2v) is 10.2. The van der Waals surface area contributed by atoms with E-state index in [9.17, 15) is 23.1 Å². The Balaban J connectivity index is 1.67. The third-order valence-corrected chi connectivity index (χ3v) is 7.68. The van der Waals surface area contributed by atoms with E-state index in [0.29, 0.717) is 17.4 Å². The van der Waals surface area contributed by atoms with E-state index < -0.39 is 27.9 Å². The zero-order valence-electron chi connectivity index (χ0n) is 19.6. The molecule has 0 aliphatic rings. The number of hydrogen-bond acceptors (Lipinski definition) is 5. The van der Waals surface area contributed by atoms with Crippen LogP contribution >= 0.6 is 0 Å². The smallest absolute Gasteiger partial charge is 0.353 e. The van der Waals surface area contributed by atoms with Crippen molar-refractivity contribution in [3.05, 3.63) is 95.2 Å². The molecule has 0 saturated heterocycles. The Labute approximate surface area is 203 Å². The number of rotatable bonds is 7. The Morgan fingerprint density at radius 2 is 1.66 bits per heavy atom. The third-order valence-electron chi connectivity index (χ3n) is 5.95. The van der Waals surface area contributed by atoms with E-state index in [1.807, 2.05) is 38.1 Å². The normalized spacial score (nSPS) is 12.4. The molecule has 1 aromatic heterocycles. The van der Waals surface area contributed by atoms with Crippen LogP contribution in [0.5, 0.6) is 5.75 Å². The molecule has 4 aromatic rings. The molecule has 8 heteroatoms. The predicted molar refractivity (Wildman–Crippen MR) is 133 cm³/mol. The van der Waals surface area contributed by atoms with Gasteiger partial charge in [0.2, 0.25) is 0 Å². The number of aromatic nitrogens is 1. The fraction of sp³-hybridized carbons (Fsp3) is 0.185. The van der Waals surface area contributed by atoms with E-state index in [1.54, 1.807) is 31.2 Å². The summed E-state index contributed by atoms with van der Waals surface area (Å²) in [6.07, 6.45) is 0.548. The molecule has 1 atom stereocenters. The van der Waals surface area contributed by atoms with E-state index in [0.717, 1.165) is 15.1 Å². The van der Waals surface area contributed by atoms with E-state index >= 15 is 0 Å². The highest BCUT2D eigenvalue weighted by atomic mass is 32.2. The standard InChI is InChI=1S/C27H25NO6S/c1-4-22(19-11-9-17(2)10-12-19)27(31)34-25-14-13-21(15-18(25)3)35(32,33)28-23-8-6-5-7-20(23)16-24(28)26(29)30/h5-16,22H,4H2,1-3H3,(H,29,30). The summed E-state index contributed by atoms with van der Waals surface area (Å²) in [5.41, 5.74) is 2.28. The molecular weight excluding hydrogens is 466 g/mol. The molecular formula is C27H25NO6S. The van der Waals surface area contributed by atoms with Crippen LogP contribution in [0.2, 0.25) is 0 Å². The van der Waals surface area contributed by atoms with E-state index in [2.05, 4.69) is 0 Å². The molecule has 0 bridgehead atoms. The van der Waals surface area contributed by atoms with Gasteiger partial charge in [0.05, 0.1) is 16.3 Å². The summed E-state index contributed by atoms with van der Waals surface area (Å²) < 4.78 is 33.4. The molecule has 0 aliphatic carbocycles. The molecule has 1 heterocycles. The van der Waals surface area contributed by atoms with Gasteiger partial charge in [0, 0.05) is 5.39 Å². The van der Waals surface area contributed by atoms with Crippen molar-refractivity contribution in [1.29, 1.82) is 0 Å². The largest absolute Gasteiger partial charge is 0.477 e. The SMILES string of the molecule is CCC(C(=O)Oc1ccc(S(=O)(=O)n2c(C(=O)O)cc3ccccc32)cc1C)c1ccc(C)cc1. The van der Waals surface area contributed by atoms with Crippen molar-refractivity contribution < 1.29 is 27.9 Å². The minimum absolute atomic E-state index is 0.107. The van der Waals surface area contributed by atoms with Crippen molar-refractivity contribution in [2.24, 2.45) is 0 Å². The van der Waals surface area contributed by atoms with Gasteiger partial charge in [-0.05, 0) is 61.7 Å². The molecule has 0 saturated carbocycles. The summed E-state index contributed by atoms with van der Waals surface area (Å²) >= 11 is 0. The molecule has 35 heavy (non-hydrogen) atoms. The zero-order chi connectivity index (χ0) is 25.3. The summed E-state index contributed by atoms with van der Waals surface area (Å²) in [5, 5.41) is 10.1. The first-order chi connectivity index (χ1) is 16.6. The van der Waals surface area contributed by atoms with Crippen LogP contribution in [0.4, 0.5) is 0 Å². The topological polar surface area (TPSA) is 103 Å². The molecule has 1 unspecified atom stereocenters. The molecule has 0 radical (unpaired) electrons. The van der Waals surface area contributed by atoms with Crippen molar-refractivity contribution in [3.8, 4) is 5.75 Å². The lowest BCUT2D eigenvalue weighted by atomic mass is 9.96. The molecule has 3 aromatic carbocycles. The number of carbonyl (C=O) groups is 2. The van der Waals surface area contributed by atoms with Crippen LogP contribution in [0.25, 0.3) is 10.9 Å². The summed E-state index contributed by atoms with van der Waals surface area (Å²) in [6.45, 7) is 5.51. The molecule has 7 nitrogen and oxygen atoms in total. The Bertz CT molecular complexity index is 1530. The second-order valence-electron chi connectivity index (χ2n) is 8.38. The number of aryl methyl sites for hydroxylation is 2. The van der Waals surface area contributed by atoms with Crippen LogP contribution in [0, 0.1) is 13.8 Å². The van der Waals surface area contributed by atoms with Gasteiger partial charge in [-0.3, -0.25) is 4.79 Å². The Kier molecular flexibility index (Phi) is 6.49. The Morgan fingerprint density at radius 3 is 2.29 bits per heavy atom. The van der Waals surface area contributed by atoms with Gasteiger partial charge < -0.3 is 9.84 Å². The predicted octanol–water partition coefficient (Wildman–Crippen LogP) is 5.29. The molecule has 4 rings (SSSR count). The van der Waals surface area contributed by atoms with Crippen molar-refractivity contribution in [2.75, 3.05) is 0 Å². The number of carboxylic acid groups (broad SMARTS) is 1. The number of hydrogen-bond donors (Lipinski definition) is 1. The fourth-order valence-corrected chi connectivity index (χ4v) is 5.65. The zero-order valence-corrected chi connectivity index (χ0v) is 20.4. The minimum Gasteiger partial charge on any atom is -0.477 e. The van der Waals surface area contributed by atoms with Crippen LogP contribution in [0.15, 0.2) is 77.7 Å².